The third kappa shape index (κ3) is 3.47. The van der Waals surface area contributed by atoms with Crippen molar-refractivity contribution in [1.29, 1.82) is 0 Å². The molecule has 0 saturated heterocycles. The lowest BCUT2D eigenvalue weighted by molar-refractivity contribution is 0.0683. The molecule has 3 aromatic rings. The second kappa shape index (κ2) is 7.16. The molecule has 0 unspecified atom stereocenters. The van der Waals surface area contributed by atoms with E-state index in [9.17, 15) is 9.59 Å². The number of benzene rings is 2. The highest BCUT2D eigenvalue weighted by Gasteiger charge is 2.21. The van der Waals surface area contributed by atoms with Crippen molar-refractivity contribution in [3.63, 3.8) is 0 Å². The number of carbonyl (C=O) groups is 2. The molecule has 1 heterocycles. The molecule has 0 aliphatic rings. The number of nitrogens with zero attached hydrogens (tertiary/aromatic N) is 3. The van der Waals surface area contributed by atoms with Crippen molar-refractivity contribution in [3.05, 3.63) is 75.8 Å². The number of halogens is 2. The van der Waals surface area contributed by atoms with Crippen LogP contribution in [0.2, 0.25) is 0 Å². The van der Waals surface area contributed by atoms with Crippen LogP contribution in [-0.2, 0) is 5.88 Å². The van der Waals surface area contributed by atoms with Crippen molar-refractivity contribution >= 4 is 39.3 Å². The van der Waals surface area contributed by atoms with Crippen LogP contribution in [0.3, 0.4) is 0 Å². The molecule has 0 bridgehead atoms. The Hall–Kier alpha value is -2.51. The van der Waals surface area contributed by atoms with Crippen LogP contribution in [0.1, 0.15) is 32.4 Å². The van der Waals surface area contributed by atoms with E-state index in [1.54, 1.807) is 42.5 Å². The molecule has 6 nitrogen and oxygen atoms in total. The normalized spacial score (nSPS) is 10.6. The van der Waals surface area contributed by atoms with Crippen LogP contribution in [0.15, 0.2) is 53.0 Å². The van der Waals surface area contributed by atoms with Crippen molar-refractivity contribution in [2.24, 2.45) is 0 Å². The van der Waals surface area contributed by atoms with E-state index >= 15 is 0 Å². The first-order chi connectivity index (χ1) is 12.0. The third-order valence-electron chi connectivity index (χ3n) is 3.45. The fourth-order valence-corrected chi connectivity index (χ4v) is 2.87. The Labute approximate surface area is 156 Å². The number of ketones is 1. The summed E-state index contributed by atoms with van der Waals surface area (Å²) in [6.07, 6.45) is 0. The number of aromatic carboxylic acids is 1. The molecule has 126 valence electrons. The van der Waals surface area contributed by atoms with Crippen LogP contribution >= 0.6 is 27.5 Å². The minimum atomic E-state index is -1.27. The molecule has 25 heavy (non-hydrogen) atoms. The Morgan fingerprint density at radius 1 is 1.16 bits per heavy atom. The van der Waals surface area contributed by atoms with Gasteiger partial charge < -0.3 is 5.11 Å². The highest BCUT2D eigenvalue weighted by molar-refractivity contribution is 9.10. The molecule has 2 aromatic carbocycles. The summed E-state index contributed by atoms with van der Waals surface area (Å²) in [5, 5.41) is 13.1. The van der Waals surface area contributed by atoms with Crippen molar-refractivity contribution in [2.45, 2.75) is 5.88 Å². The van der Waals surface area contributed by atoms with Crippen molar-refractivity contribution < 1.29 is 14.7 Å². The zero-order chi connectivity index (χ0) is 18.0. The van der Waals surface area contributed by atoms with Crippen LogP contribution < -0.4 is 0 Å². The summed E-state index contributed by atoms with van der Waals surface area (Å²) in [6, 6.07) is 13.8. The van der Waals surface area contributed by atoms with Crippen molar-refractivity contribution in [1.82, 2.24) is 14.8 Å². The molecule has 0 fully saturated rings. The predicted octanol–water partition coefficient (Wildman–Crippen LogP) is 3.70. The van der Waals surface area contributed by atoms with Gasteiger partial charge in [0.1, 0.15) is 5.82 Å². The molecule has 1 N–H and O–H groups in total. The number of carboxylic acid groups (broad SMARTS) is 1. The average Bonchev–Trinajstić information content (AvgIpc) is 3.06. The fraction of sp³-hybridized carbons (Fsp3) is 0.0588. The second-order valence-electron chi connectivity index (χ2n) is 5.06. The highest BCUT2D eigenvalue weighted by atomic mass is 79.9. The first kappa shape index (κ1) is 17.3. The molecule has 0 radical (unpaired) electrons. The number of hydrogen-bond donors (Lipinski definition) is 1. The Balaban J connectivity index is 2.18. The van der Waals surface area contributed by atoms with Crippen LogP contribution in [0.25, 0.3) is 5.69 Å². The Morgan fingerprint density at radius 2 is 1.88 bits per heavy atom. The van der Waals surface area contributed by atoms with Gasteiger partial charge in [0.25, 0.3) is 5.82 Å². The van der Waals surface area contributed by atoms with Gasteiger partial charge in [0.05, 0.1) is 11.6 Å². The predicted molar refractivity (Wildman–Crippen MR) is 95.4 cm³/mol. The van der Waals surface area contributed by atoms with E-state index < -0.39 is 5.97 Å². The number of alkyl halides is 1. The van der Waals surface area contributed by atoms with Crippen LogP contribution in [0.5, 0.6) is 0 Å². The maximum atomic E-state index is 12.9. The molecule has 0 aliphatic carbocycles. The first-order valence-electron chi connectivity index (χ1n) is 7.16. The lowest BCUT2D eigenvalue weighted by Crippen LogP contribution is -2.11. The summed E-state index contributed by atoms with van der Waals surface area (Å²) >= 11 is 9.23. The van der Waals surface area contributed by atoms with Crippen molar-refractivity contribution in [2.75, 3.05) is 0 Å². The van der Waals surface area contributed by atoms with Gasteiger partial charge >= 0.3 is 5.97 Å². The Bertz CT molecular complexity index is 957. The Morgan fingerprint density at radius 3 is 2.52 bits per heavy atom. The van der Waals surface area contributed by atoms with Gasteiger partial charge in [0.2, 0.25) is 0 Å². The standard InChI is InChI=1S/C17H11BrClN3O3/c18-11-6-7-13(22-14(9-19)20-16(21-22)17(24)25)12(8-11)15(23)10-4-2-1-3-5-10/h1-8H,9H2,(H,24,25). The number of carboxylic acids is 1. The Kier molecular flexibility index (Phi) is 4.96. The van der Waals surface area contributed by atoms with E-state index in [-0.39, 0.29) is 23.3 Å². The lowest BCUT2D eigenvalue weighted by atomic mass is 10.0. The highest BCUT2D eigenvalue weighted by Crippen LogP contribution is 2.24. The summed E-state index contributed by atoms with van der Waals surface area (Å²) in [5.41, 5.74) is 1.27. The minimum absolute atomic E-state index is 0.0463. The van der Waals surface area contributed by atoms with E-state index in [1.807, 2.05) is 6.07 Å². The molecular formula is C17H11BrClN3O3. The summed E-state index contributed by atoms with van der Waals surface area (Å²) in [6.45, 7) is 0. The van der Waals surface area contributed by atoms with Gasteiger partial charge in [-0.2, -0.15) is 0 Å². The van der Waals surface area contributed by atoms with Gasteiger partial charge in [-0.25, -0.2) is 14.5 Å². The van der Waals surface area contributed by atoms with Gasteiger partial charge in [-0.3, -0.25) is 4.79 Å². The molecule has 0 atom stereocenters. The zero-order valence-electron chi connectivity index (χ0n) is 12.7. The molecule has 1 aromatic heterocycles. The van der Waals surface area contributed by atoms with Crippen LogP contribution in [0, 0.1) is 0 Å². The molecule has 8 heteroatoms. The van der Waals surface area contributed by atoms with Gasteiger partial charge in [-0.15, -0.1) is 16.7 Å². The number of aromatic nitrogens is 3. The van der Waals surface area contributed by atoms with Gasteiger partial charge in [-0.1, -0.05) is 46.3 Å². The van der Waals surface area contributed by atoms with Crippen molar-refractivity contribution in [3.8, 4) is 5.69 Å². The third-order valence-corrected chi connectivity index (χ3v) is 4.18. The molecule has 0 saturated carbocycles. The summed E-state index contributed by atoms with van der Waals surface area (Å²) < 4.78 is 2.00. The second-order valence-corrected chi connectivity index (χ2v) is 6.24. The first-order valence-corrected chi connectivity index (χ1v) is 8.49. The van der Waals surface area contributed by atoms with E-state index in [1.165, 1.54) is 4.68 Å². The minimum Gasteiger partial charge on any atom is -0.475 e. The topological polar surface area (TPSA) is 85.1 Å². The number of rotatable bonds is 5. The number of hydrogen-bond acceptors (Lipinski definition) is 4. The van der Waals surface area contributed by atoms with E-state index in [4.69, 9.17) is 16.7 Å². The summed E-state index contributed by atoms with van der Waals surface area (Å²) in [7, 11) is 0. The molecule has 0 spiro atoms. The zero-order valence-corrected chi connectivity index (χ0v) is 15.0. The maximum absolute atomic E-state index is 12.9. The average molecular weight is 421 g/mol. The van der Waals surface area contributed by atoms with Gasteiger partial charge in [0, 0.05) is 15.6 Å². The van der Waals surface area contributed by atoms with Crippen LogP contribution in [0.4, 0.5) is 0 Å². The molecular weight excluding hydrogens is 410 g/mol. The molecule has 0 amide bonds. The van der Waals surface area contributed by atoms with E-state index in [0.717, 1.165) is 0 Å². The van der Waals surface area contributed by atoms with Crippen LogP contribution in [-0.4, -0.2) is 31.6 Å². The molecule has 3 rings (SSSR count). The van der Waals surface area contributed by atoms with Gasteiger partial charge in [-0.05, 0) is 18.2 Å². The van der Waals surface area contributed by atoms with Gasteiger partial charge in [0.15, 0.2) is 5.78 Å². The van der Waals surface area contributed by atoms with E-state index in [2.05, 4.69) is 26.0 Å². The largest absolute Gasteiger partial charge is 0.475 e. The maximum Gasteiger partial charge on any atom is 0.375 e. The fourth-order valence-electron chi connectivity index (χ4n) is 2.33. The lowest BCUT2D eigenvalue weighted by Gasteiger charge is -2.11. The summed E-state index contributed by atoms with van der Waals surface area (Å²) in [5.74, 6) is -1.67. The smallest absolute Gasteiger partial charge is 0.375 e. The number of carbonyl (C=O) groups excluding carboxylic acids is 1. The summed E-state index contributed by atoms with van der Waals surface area (Å²) in [4.78, 5) is 28.0. The SMILES string of the molecule is O=C(O)c1nc(CCl)n(-c2ccc(Br)cc2C(=O)c2ccccc2)n1. The molecule has 0 aliphatic heterocycles. The van der Waals surface area contributed by atoms with E-state index in [0.29, 0.717) is 21.3 Å². The quantitative estimate of drug-likeness (QED) is 0.502. The monoisotopic (exact) mass is 419 g/mol.